The molecule has 0 amide bonds. The topological polar surface area (TPSA) is 3.24 Å². The van der Waals surface area contributed by atoms with Crippen molar-refractivity contribution in [3.05, 3.63) is 211 Å². The second-order valence-corrected chi connectivity index (χ2v) is 14.8. The zero-order valence-electron chi connectivity index (χ0n) is 28.6. The maximum absolute atomic E-state index is 2.44. The molecule has 0 N–H and O–H groups in total. The molecule has 246 valence electrons. The van der Waals surface area contributed by atoms with Gasteiger partial charge in [-0.1, -0.05) is 158 Å². The van der Waals surface area contributed by atoms with Crippen LogP contribution in [0.3, 0.4) is 0 Å². The normalized spacial score (nSPS) is 16.0. The summed E-state index contributed by atoms with van der Waals surface area (Å²) in [5, 5.41) is 5.37. The molecule has 1 aliphatic heterocycles. The second kappa shape index (κ2) is 12.9. The van der Waals surface area contributed by atoms with E-state index in [4.69, 9.17) is 0 Å². The lowest BCUT2D eigenvalue weighted by atomic mass is 9.84. The molecule has 2 unspecified atom stereocenters. The van der Waals surface area contributed by atoms with E-state index in [0.717, 1.165) is 17.1 Å². The molecule has 0 spiro atoms. The molecule has 0 aromatic heterocycles. The van der Waals surface area contributed by atoms with Crippen molar-refractivity contribution in [2.45, 2.75) is 16.1 Å². The molecule has 0 bridgehead atoms. The number of benzene rings is 8. The van der Waals surface area contributed by atoms with Crippen molar-refractivity contribution < 1.29 is 0 Å². The smallest absolute Gasteiger partial charge is 0.0540 e. The summed E-state index contributed by atoms with van der Waals surface area (Å²) in [4.78, 5) is 3.80. The van der Waals surface area contributed by atoms with Crippen molar-refractivity contribution >= 4 is 55.9 Å². The highest BCUT2D eigenvalue weighted by molar-refractivity contribution is 8.00. The molecule has 1 aliphatic carbocycles. The van der Waals surface area contributed by atoms with E-state index < -0.39 is 0 Å². The monoisotopic (exact) mass is 681 g/mol. The maximum Gasteiger partial charge on any atom is 0.0540 e. The van der Waals surface area contributed by atoms with E-state index >= 15 is 0 Å². The first-order chi connectivity index (χ1) is 25.8. The average molecular weight is 682 g/mol. The molecule has 52 heavy (non-hydrogen) atoms. The second-order valence-electron chi connectivity index (χ2n) is 13.6. The standard InChI is InChI=1S/C50H35NS/c1-2-12-36(13-3-1)45-23-11-24-46-47-33-39(28-31-49(47)52-50(45)46)38-18-8-19-41(32-38)51(48-25-10-17-35-15-5-7-21-44(35)48)40-29-26-37(27-30-40)43-22-9-16-34-14-4-6-20-42(34)43/h1-33,46,50H. The van der Waals surface area contributed by atoms with Crippen molar-refractivity contribution in [2.75, 3.05) is 4.90 Å². The van der Waals surface area contributed by atoms with Crippen LogP contribution in [0.5, 0.6) is 0 Å². The third kappa shape index (κ3) is 5.35. The molecule has 1 nitrogen and oxygen atoms in total. The molecule has 0 saturated heterocycles. The predicted octanol–water partition coefficient (Wildman–Crippen LogP) is 14.0. The van der Waals surface area contributed by atoms with Gasteiger partial charge in [0.25, 0.3) is 0 Å². The van der Waals surface area contributed by atoms with Gasteiger partial charge in [-0.2, -0.15) is 0 Å². The average Bonchev–Trinajstić information content (AvgIpc) is 3.60. The van der Waals surface area contributed by atoms with Gasteiger partial charge >= 0.3 is 0 Å². The Labute approximate surface area is 309 Å². The number of hydrogen-bond acceptors (Lipinski definition) is 2. The molecule has 2 heteroatoms. The van der Waals surface area contributed by atoms with Crippen molar-refractivity contribution in [3.8, 4) is 22.3 Å². The van der Waals surface area contributed by atoms with E-state index in [1.807, 2.05) is 11.8 Å². The fraction of sp³-hybridized carbons (Fsp3) is 0.0400. The summed E-state index contributed by atoms with van der Waals surface area (Å²) in [5.41, 5.74) is 12.5. The molecule has 8 aromatic rings. The first-order valence-corrected chi connectivity index (χ1v) is 18.9. The van der Waals surface area contributed by atoms with Gasteiger partial charge in [-0.25, -0.2) is 0 Å². The summed E-state index contributed by atoms with van der Waals surface area (Å²) in [6.45, 7) is 0. The number of thioether (sulfide) groups is 1. The summed E-state index contributed by atoms with van der Waals surface area (Å²) in [7, 11) is 0. The summed E-state index contributed by atoms with van der Waals surface area (Å²) in [6, 6.07) is 66.6. The Bertz CT molecular complexity index is 2660. The van der Waals surface area contributed by atoms with Gasteiger partial charge in [0.2, 0.25) is 0 Å². The lowest BCUT2D eigenvalue weighted by Gasteiger charge is -2.27. The molecule has 0 radical (unpaired) electrons. The molecular weight excluding hydrogens is 647 g/mol. The van der Waals surface area contributed by atoms with Crippen LogP contribution < -0.4 is 4.90 Å². The lowest BCUT2D eigenvalue weighted by molar-refractivity contribution is 0.893. The Kier molecular flexibility index (Phi) is 7.62. The minimum Gasteiger partial charge on any atom is -0.310 e. The molecule has 2 atom stereocenters. The Hall–Kier alpha value is -6.09. The molecule has 0 fully saturated rings. The third-order valence-electron chi connectivity index (χ3n) is 10.6. The van der Waals surface area contributed by atoms with Gasteiger partial charge in [0.1, 0.15) is 0 Å². The Morgan fingerprint density at radius 2 is 1.12 bits per heavy atom. The third-order valence-corrected chi connectivity index (χ3v) is 12.1. The minimum absolute atomic E-state index is 0.357. The van der Waals surface area contributed by atoms with E-state index in [0.29, 0.717) is 11.2 Å². The highest BCUT2D eigenvalue weighted by Gasteiger charge is 2.36. The SMILES string of the molecule is C1=CC2c3cc(-c4cccc(N(c5ccc(-c6cccc7ccccc67)cc5)c5cccc6ccccc56)c4)ccc3SC2C(c2ccccc2)=C1. The van der Waals surface area contributed by atoms with Crippen LogP contribution in [0.4, 0.5) is 17.1 Å². The number of nitrogens with zero attached hydrogens (tertiary/aromatic N) is 1. The largest absolute Gasteiger partial charge is 0.310 e. The molecular formula is C50H35NS. The fourth-order valence-corrected chi connectivity index (χ4v) is 9.59. The summed E-state index contributed by atoms with van der Waals surface area (Å²) >= 11 is 2.00. The minimum atomic E-state index is 0.357. The molecule has 1 heterocycles. The number of anilines is 3. The van der Waals surface area contributed by atoms with E-state index in [1.54, 1.807) is 0 Å². The number of fused-ring (bicyclic) bond motifs is 5. The van der Waals surface area contributed by atoms with Gasteiger partial charge in [-0.3, -0.25) is 0 Å². The summed E-state index contributed by atoms with van der Waals surface area (Å²) < 4.78 is 0. The zero-order chi connectivity index (χ0) is 34.4. The summed E-state index contributed by atoms with van der Waals surface area (Å²) in [5.74, 6) is 0.357. The highest BCUT2D eigenvalue weighted by Crippen LogP contribution is 2.53. The Balaban J connectivity index is 1.05. The van der Waals surface area contributed by atoms with E-state index in [-0.39, 0.29) is 0 Å². The fourth-order valence-electron chi connectivity index (χ4n) is 8.12. The zero-order valence-corrected chi connectivity index (χ0v) is 29.4. The Morgan fingerprint density at radius 1 is 0.462 bits per heavy atom. The predicted molar refractivity (Wildman–Crippen MR) is 223 cm³/mol. The van der Waals surface area contributed by atoms with Gasteiger partial charge in [0, 0.05) is 32.8 Å². The number of rotatable bonds is 6. The van der Waals surface area contributed by atoms with E-state index in [9.17, 15) is 0 Å². The van der Waals surface area contributed by atoms with Crippen LogP contribution in [0, 0.1) is 0 Å². The number of allylic oxidation sites excluding steroid dienone is 3. The van der Waals surface area contributed by atoms with Crippen molar-refractivity contribution in [2.24, 2.45) is 0 Å². The van der Waals surface area contributed by atoms with Gasteiger partial charge in [0.05, 0.1) is 5.69 Å². The summed E-state index contributed by atoms with van der Waals surface area (Å²) in [6.07, 6.45) is 6.94. The molecule has 8 aromatic carbocycles. The van der Waals surface area contributed by atoms with Crippen LogP contribution in [0.1, 0.15) is 17.0 Å². The first-order valence-electron chi connectivity index (χ1n) is 18.0. The van der Waals surface area contributed by atoms with Crippen LogP contribution in [0.25, 0.3) is 49.4 Å². The van der Waals surface area contributed by atoms with Crippen molar-refractivity contribution in [1.82, 2.24) is 0 Å². The maximum atomic E-state index is 2.44. The van der Waals surface area contributed by atoms with Crippen LogP contribution in [-0.2, 0) is 0 Å². The Morgan fingerprint density at radius 3 is 1.96 bits per heavy atom. The van der Waals surface area contributed by atoms with Gasteiger partial charge in [-0.05, 0) is 97.6 Å². The molecule has 2 aliphatic rings. The van der Waals surface area contributed by atoms with Crippen LogP contribution in [0.2, 0.25) is 0 Å². The van der Waals surface area contributed by atoms with Crippen LogP contribution in [-0.4, -0.2) is 5.25 Å². The van der Waals surface area contributed by atoms with Crippen LogP contribution in [0.15, 0.2) is 205 Å². The molecule has 0 saturated carbocycles. The van der Waals surface area contributed by atoms with E-state index in [2.05, 4.69) is 205 Å². The number of hydrogen-bond donors (Lipinski definition) is 0. The quantitative estimate of drug-likeness (QED) is 0.172. The molecule has 10 rings (SSSR count). The van der Waals surface area contributed by atoms with Crippen LogP contribution >= 0.6 is 11.8 Å². The lowest BCUT2D eigenvalue weighted by Crippen LogP contribution is -2.13. The first kappa shape index (κ1) is 30.7. The van der Waals surface area contributed by atoms with Gasteiger partial charge in [-0.15, -0.1) is 11.8 Å². The van der Waals surface area contributed by atoms with Crippen molar-refractivity contribution in [1.29, 1.82) is 0 Å². The van der Waals surface area contributed by atoms with Crippen molar-refractivity contribution in [3.63, 3.8) is 0 Å². The van der Waals surface area contributed by atoms with Gasteiger partial charge in [0.15, 0.2) is 0 Å². The highest BCUT2D eigenvalue weighted by atomic mass is 32.2. The van der Waals surface area contributed by atoms with Gasteiger partial charge < -0.3 is 4.90 Å². The van der Waals surface area contributed by atoms with E-state index in [1.165, 1.54) is 65.4 Å².